The van der Waals surface area contributed by atoms with Crippen LogP contribution in [0.25, 0.3) is 11.1 Å². The van der Waals surface area contributed by atoms with Crippen molar-refractivity contribution in [2.75, 3.05) is 0 Å². The van der Waals surface area contributed by atoms with E-state index in [2.05, 4.69) is 54.5 Å². The van der Waals surface area contributed by atoms with Gasteiger partial charge in [-0.25, -0.2) is 0 Å². The molecule has 1 aromatic carbocycles. The molecule has 0 N–H and O–H groups in total. The van der Waals surface area contributed by atoms with Gasteiger partial charge in [0, 0.05) is 24.2 Å². The van der Waals surface area contributed by atoms with Crippen LogP contribution in [0.1, 0.15) is 11.4 Å². The Labute approximate surface area is 109 Å². The molecular formula is C17H17N. The number of pyridine rings is 1. The highest BCUT2D eigenvalue weighted by molar-refractivity contribution is 5.64. The minimum absolute atomic E-state index is 0.796. The van der Waals surface area contributed by atoms with E-state index >= 15 is 0 Å². The molecule has 1 nitrogen and oxygen atoms in total. The van der Waals surface area contributed by atoms with Crippen molar-refractivity contribution < 1.29 is 0 Å². The van der Waals surface area contributed by atoms with Crippen molar-refractivity contribution in [2.45, 2.75) is 12.8 Å². The molecule has 18 heavy (non-hydrogen) atoms. The third-order valence-electron chi connectivity index (χ3n) is 2.75. The molecule has 1 heterocycles. The summed E-state index contributed by atoms with van der Waals surface area (Å²) in [5.41, 5.74) is 4.54. The Bertz CT molecular complexity index is 513. The highest BCUT2D eigenvalue weighted by Gasteiger charge is 2.03. The maximum absolute atomic E-state index is 4.60. The van der Waals surface area contributed by atoms with Crippen LogP contribution in [0.15, 0.2) is 67.8 Å². The Morgan fingerprint density at radius 2 is 1.39 bits per heavy atom. The Kier molecular flexibility index (Phi) is 4.08. The molecule has 2 rings (SSSR count). The summed E-state index contributed by atoms with van der Waals surface area (Å²) in [5, 5.41) is 0. The second kappa shape index (κ2) is 5.97. The van der Waals surface area contributed by atoms with Gasteiger partial charge >= 0.3 is 0 Å². The van der Waals surface area contributed by atoms with E-state index in [0.29, 0.717) is 0 Å². The van der Waals surface area contributed by atoms with Gasteiger partial charge in [0.1, 0.15) is 0 Å². The number of hydrogen-bond donors (Lipinski definition) is 0. The number of nitrogens with zero attached hydrogens (tertiary/aromatic N) is 1. The van der Waals surface area contributed by atoms with Crippen molar-refractivity contribution in [2.24, 2.45) is 0 Å². The second-order valence-corrected chi connectivity index (χ2v) is 4.19. The van der Waals surface area contributed by atoms with E-state index in [-0.39, 0.29) is 0 Å². The predicted molar refractivity (Wildman–Crippen MR) is 77.5 cm³/mol. The lowest BCUT2D eigenvalue weighted by atomic mass is 10.0. The van der Waals surface area contributed by atoms with Crippen LogP contribution in [-0.2, 0) is 12.8 Å². The van der Waals surface area contributed by atoms with Crippen molar-refractivity contribution in [3.63, 3.8) is 0 Å². The SMILES string of the molecule is C=CCc1cc(-c2ccccc2)cc(CC=C)n1. The molecule has 2 aromatic rings. The standard InChI is InChI=1S/C17H17N/c1-3-8-16-12-15(13-17(18-16)9-4-2)14-10-6-5-7-11-14/h3-7,10-13H,1-2,8-9H2. The topological polar surface area (TPSA) is 12.9 Å². The van der Waals surface area contributed by atoms with Gasteiger partial charge in [0.2, 0.25) is 0 Å². The highest BCUT2D eigenvalue weighted by atomic mass is 14.7. The third-order valence-corrected chi connectivity index (χ3v) is 2.75. The normalized spacial score (nSPS) is 10.0. The van der Waals surface area contributed by atoms with Crippen LogP contribution in [0, 0.1) is 0 Å². The van der Waals surface area contributed by atoms with Gasteiger partial charge in [-0.1, -0.05) is 42.5 Å². The van der Waals surface area contributed by atoms with Crippen molar-refractivity contribution in [3.05, 3.63) is 79.2 Å². The molecule has 1 aromatic heterocycles. The summed E-state index contributed by atoms with van der Waals surface area (Å²) >= 11 is 0. The lowest BCUT2D eigenvalue weighted by molar-refractivity contribution is 1.03. The average molecular weight is 235 g/mol. The summed E-state index contributed by atoms with van der Waals surface area (Å²) in [7, 11) is 0. The first-order valence-corrected chi connectivity index (χ1v) is 6.10. The van der Waals surface area contributed by atoms with E-state index in [4.69, 9.17) is 0 Å². The van der Waals surface area contributed by atoms with Crippen LogP contribution in [0.4, 0.5) is 0 Å². The van der Waals surface area contributed by atoms with Gasteiger partial charge in [-0.2, -0.15) is 0 Å². The van der Waals surface area contributed by atoms with Crippen LogP contribution in [0.3, 0.4) is 0 Å². The molecule has 0 spiro atoms. The summed E-state index contributed by atoms with van der Waals surface area (Å²) in [4.78, 5) is 4.60. The molecule has 0 aliphatic heterocycles. The molecule has 0 aliphatic rings. The van der Waals surface area contributed by atoms with E-state index in [1.807, 2.05) is 18.2 Å². The van der Waals surface area contributed by atoms with E-state index < -0.39 is 0 Å². The van der Waals surface area contributed by atoms with Gasteiger partial charge in [0.05, 0.1) is 0 Å². The number of rotatable bonds is 5. The first kappa shape index (κ1) is 12.3. The van der Waals surface area contributed by atoms with Gasteiger partial charge in [-0.3, -0.25) is 4.98 Å². The zero-order valence-corrected chi connectivity index (χ0v) is 10.5. The summed E-state index contributed by atoms with van der Waals surface area (Å²) in [5.74, 6) is 0. The lowest BCUT2D eigenvalue weighted by Gasteiger charge is -2.07. The van der Waals surface area contributed by atoms with Crippen molar-refractivity contribution in [1.82, 2.24) is 4.98 Å². The molecule has 90 valence electrons. The number of allylic oxidation sites excluding steroid dienone is 2. The van der Waals surface area contributed by atoms with Crippen LogP contribution >= 0.6 is 0 Å². The molecule has 0 atom stereocenters. The fourth-order valence-electron chi connectivity index (χ4n) is 1.95. The average Bonchev–Trinajstić information content (AvgIpc) is 2.40. The first-order valence-electron chi connectivity index (χ1n) is 6.10. The summed E-state index contributed by atoms with van der Waals surface area (Å²) in [6, 6.07) is 14.6. The quantitative estimate of drug-likeness (QED) is 0.707. The maximum atomic E-state index is 4.60. The van der Waals surface area contributed by atoms with Crippen molar-refractivity contribution in [1.29, 1.82) is 0 Å². The Hall–Kier alpha value is -2.15. The smallest absolute Gasteiger partial charge is 0.0450 e. The minimum Gasteiger partial charge on any atom is -0.257 e. The summed E-state index contributed by atoms with van der Waals surface area (Å²) in [6.07, 6.45) is 5.36. The minimum atomic E-state index is 0.796. The van der Waals surface area contributed by atoms with Crippen molar-refractivity contribution >= 4 is 0 Å². The number of benzene rings is 1. The van der Waals surface area contributed by atoms with Crippen molar-refractivity contribution in [3.8, 4) is 11.1 Å². The molecule has 0 aliphatic carbocycles. The molecule has 1 heteroatoms. The Morgan fingerprint density at radius 3 is 1.89 bits per heavy atom. The van der Waals surface area contributed by atoms with Gasteiger partial charge in [0.15, 0.2) is 0 Å². The fraction of sp³-hybridized carbons (Fsp3) is 0.118. The van der Waals surface area contributed by atoms with E-state index in [9.17, 15) is 0 Å². The molecule has 0 saturated carbocycles. The molecule has 0 unspecified atom stereocenters. The lowest BCUT2D eigenvalue weighted by Crippen LogP contribution is -1.95. The predicted octanol–water partition coefficient (Wildman–Crippen LogP) is 4.21. The van der Waals surface area contributed by atoms with E-state index in [1.54, 1.807) is 0 Å². The molecule has 0 bridgehead atoms. The Balaban J connectivity index is 2.45. The summed E-state index contributed by atoms with van der Waals surface area (Å²) in [6.45, 7) is 7.55. The highest BCUT2D eigenvalue weighted by Crippen LogP contribution is 2.21. The van der Waals surface area contributed by atoms with E-state index in [0.717, 1.165) is 24.2 Å². The molecule has 0 saturated heterocycles. The van der Waals surface area contributed by atoms with E-state index in [1.165, 1.54) is 11.1 Å². The van der Waals surface area contributed by atoms with Crippen LogP contribution in [-0.4, -0.2) is 4.98 Å². The van der Waals surface area contributed by atoms with Crippen LogP contribution < -0.4 is 0 Å². The zero-order chi connectivity index (χ0) is 12.8. The fourth-order valence-corrected chi connectivity index (χ4v) is 1.95. The van der Waals surface area contributed by atoms with Gasteiger partial charge < -0.3 is 0 Å². The molecular weight excluding hydrogens is 218 g/mol. The Morgan fingerprint density at radius 1 is 0.833 bits per heavy atom. The van der Waals surface area contributed by atoms with Gasteiger partial charge in [0.25, 0.3) is 0 Å². The maximum Gasteiger partial charge on any atom is 0.0450 e. The third kappa shape index (κ3) is 2.95. The first-order chi connectivity index (χ1) is 8.83. The van der Waals surface area contributed by atoms with Gasteiger partial charge in [-0.05, 0) is 23.3 Å². The van der Waals surface area contributed by atoms with Crippen LogP contribution in [0.2, 0.25) is 0 Å². The molecule has 0 amide bonds. The molecule has 0 fully saturated rings. The van der Waals surface area contributed by atoms with Gasteiger partial charge in [-0.15, -0.1) is 13.2 Å². The zero-order valence-electron chi connectivity index (χ0n) is 10.5. The van der Waals surface area contributed by atoms with Crippen LogP contribution in [0.5, 0.6) is 0 Å². The number of hydrogen-bond acceptors (Lipinski definition) is 1. The largest absolute Gasteiger partial charge is 0.257 e. The monoisotopic (exact) mass is 235 g/mol. The number of aromatic nitrogens is 1. The summed E-state index contributed by atoms with van der Waals surface area (Å²) < 4.78 is 0. The second-order valence-electron chi connectivity index (χ2n) is 4.19. The molecule has 0 radical (unpaired) electrons.